The van der Waals surface area contributed by atoms with Crippen LogP contribution >= 0.6 is 0 Å². The largest absolute Gasteiger partial charge is 0.356 e. The minimum atomic E-state index is -0.0426. The maximum absolute atomic E-state index is 12.0. The number of aromatic nitrogens is 2. The van der Waals surface area contributed by atoms with Crippen LogP contribution in [0.2, 0.25) is 0 Å². The van der Waals surface area contributed by atoms with E-state index < -0.39 is 0 Å². The van der Waals surface area contributed by atoms with E-state index in [-0.39, 0.29) is 11.5 Å². The Bertz CT molecular complexity index is 620. The van der Waals surface area contributed by atoms with Gasteiger partial charge < -0.3 is 10.2 Å². The van der Waals surface area contributed by atoms with Crippen molar-refractivity contribution in [1.82, 2.24) is 20.4 Å². The Morgan fingerprint density at radius 1 is 1.08 bits per heavy atom. The third-order valence-corrected chi connectivity index (χ3v) is 5.17. The van der Waals surface area contributed by atoms with Crippen LogP contribution in [0, 0.1) is 0 Å². The van der Waals surface area contributed by atoms with Crippen LogP contribution in [-0.4, -0.2) is 47.2 Å². The highest BCUT2D eigenvalue weighted by Crippen LogP contribution is 2.20. The number of carbonyl (C=O) groups excluding carboxylic acids is 1. The SMILES string of the molecule is O=C(CCN1CCCCC1)NCCc1n[nH]c(=O)c2c1CCCC2. The Morgan fingerprint density at radius 2 is 1.83 bits per heavy atom. The second-order valence-electron chi connectivity index (χ2n) is 6.92. The van der Waals surface area contributed by atoms with E-state index in [2.05, 4.69) is 20.4 Å². The van der Waals surface area contributed by atoms with Crippen molar-refractivity contribution in [1.29, 1.82) is 0 Å². The molecule has 0 aromatic carbocycles. The summed E-state index contributed by atoms with van der Waals surface area (Å²) >= 11 is 0. The van der Waals surface area contributed by atoms with Crippen molar-refractivity contribution >= 4 is 5.91 Å². The number of amides is 1. The lowest BCUT2D eigenvalue weighted by Crippen LogP contribution is -2.35. The quantitative estimate of drug-likeness (QED) is 0.820. The molecule has 0 spiro atoms. The minimum absolute atomic E-state index is 0.0426. The highest BCUT2D eigenvalue weighted by Gasteiger charge is 2.17. The van der Waals surface area contributed by atoms with E-state index >= 15 is 0 Å². The number of hydrogen-bond donors (Lipinski definition) is 2. The average molecular weight is 332 g/mol. The Kier molecular flexibility index (Phi) is 6.01. The third kappa shape index (κ3) is 4.44. The van der Waals surface area contributed by atoms with Crippen LogP contribution in [0.3, 0.4) is 0 Å². The monoisotopic (exact) mass is 332 g/mol. The number of carbonyl (C=O) groups is 1. The van der Waals surface area contributed by atoms with Crippen molar-refractivity contribution in [2.45, 2.75) is 57.8 Å². The molecular formula is C18H28N4O2. The second-order valence-corrected chi connectivity index (χ2v) is 6.92. The fourth-order valence-electron chi connectivity index (χ4n) is 3.79. The fraction of sp³-hybridized carbons (Fsp3) is 0.722. The van der Waals surface area contributed by atoms with Gasteiger partial charge in [-0.3, -0.25) is 9.59 Å². The summed E-state index contributed by atoms with van der Waals surface area (Å²) in [6, 6.07) is 0. The molecule has 1 aliphatic carbocycles. The topological polar surface area (TPSA) is 78.1 Å². The van der Waals surface area contributed by atoms with Gasteiger partial charge in [0.1, 0.15) is 0 Å². The van der Waals surface area contributed by atoms with E-state index in [0.29, 0.717) is 19.4 Å². The number of rotatable bonds is 6. The summed E-state index contributed by atoms with van der Waals surface area (Å²) in [6.07, 6.45) is 9.06. The molecule has 24 heavy (non-hydrogen) atoms. The van der Waals surface area contributed by atoms with Gasteiger partial charge in [-0.25, -0.2) is 5.10 Å². The van der Waals surface area contributed by atoms with Gasteiger partial charge in [0.2, 0.25) is 5.91 Å². The lowest BCUT2D eigenvalue weighted by molar-refractivity contribution is -0.121. The first-order chi connectivity index (χ1) is 11.7. The second kappa shape index (κ2) is 8.42. The molecule has 6 nitrogen and oxygen atoms in total. The minimum Gasteiger partial charge on any atom is -0.356 e. The highest BCUT2D eigenvalue weighted by molar-refractivity contribution is 5.76. The summed E-state index contributed by atoms with van der Waals surface area (Å²) in [5.74, 6) is 0.110. The molecule has 2 heterocycles. The molecule has 2 aliphatic rings. The average Bonchev–Trinajstić information content (AvgIpc) is 2.63. The number of aromatic amines is 1. The first-order valence-corrected chi connectivity index (χ1v) is 9.32. The van der Waals surface area contributed by atoms with Crippen LogP contribution in [0.25, 0.3) is 0 Å². The molecule has 2 N–H and O–H groups in total. The number of nitrogens with zero attached hydrogens (tertiary/aromatic N) is 2. The molecule has 0 unspecified atom stereocenters. The molecular weight excluding hydrogens is 304 g/mol. The van der Waals surface area contributed by atoms with Crippen molar-refractivity contribution in [2.75, 3.05) is 26.2 Å². The van der Waals surface area contributed by atoms with Crippen LogP contribution in [-0.2, 0) is 24.1 Å². The zero-order chi connectivity index (χ0) is 16.8. The highest BCUT2D eigenvalue weighted by atomic mass is 16.1. The van der Waals surface area contributed by atoms with Gasteiger partial charge in [-0.05, 0) is 57.2 Å². The van der Waals surface area contributed by atoms with Gasteiger partial charge >= 0.3 is 0 Å². The van der Waals surface area contributed by atoms with Crippen molar-refractivity contribution in [3.63, 3.8) is 0 Å². The normalized spacial score (nSPS) is 18.2. The predicted octanol–water partition coefficient (Wildman–Crippen LogP) is 1.18. The molecule has 1 amide bonds. The Balaban J connectivity index is 1.44. The first kappa shape index (κ1) is 17.1. The number of piperidine rings is 1. The molecule has 0 bridgehead atoms. The van der Waals surface area contributed by atoms with Gasteiger partial charge in [-0.1, -0.05) is 6.42 Å². The van der Waals surface area contributed by atoms with Crippen LogP contribution in [0.15, 0.2) is 4.79 Å². The maximum Gasteiger partial charge on any atom is 0.267 e. The molecule has 0 saturated carbocycles. The first-order valence-electron chi connectivity index (χ1n) is 9.32. The van der Waals surface area contributed by atoms with Gasteiger partial charge in [-0.2, -0.15) is 5.10 Å². The van der Waals surface area contributed by atoms with Gasteiger partial charge in [0.15, 0.2) is 0 Å². The van der Waals surface area contributed by atoms with Crippen LogP contribution in [0.4, 0.5) is 0 Å². The van der Waals surface area contributed by atoms with Gasteiger partial charge in [0.25, 0.3) is 5.56 Å². The van der Waals surface area contributed by atoms with E-state index in [4.69, 9.17) is 0 Å². The lowest BCUT2D eigenvalue weighted by Gasteiger charge is -2.25. The summed E-state index contributed by atoms with van der Waals surface area (Å²) in [5.41, 5.74) is 2.93. The van der Waals surface area contributed by atoms with E-state index in [0.717, 1.165) is 62.1 Å². The molecule has 1 fully saturated rings. The third-order valence-electron chi connectivity index (χ3n) is 5.17. The van der Waals surface area contributed by atoms with Crippen molar-refractivity contribution in [3.8, 4) is 0 Å². The lowest BCUT2D eigenvalue weighted by atomic mass is 9.91. The van der Waals surface area contributed by atoms with Gasteiger partial charge in [0.05, 0.1) is 5.69 Å². The molecule has 132 valence electrons. The van der Waals surface area contributed by atoms with Crippen LogP contribution in [0.1, 0.15) is 55.3 Å². The van der Waals surface area contributed by atoms with E-state index in [1.165, 1.54) is 19.3 Å². The molecule has 1 saturated heterocycles. The molecule has 1 aromatic heterocycles. The molecule has 0 radical (unpaired) electrons. The number of fused-ring (bicyclic) bond motifs is 1. The number of H-pyrrole nitrogens is 1. The number of nitrogens with one attached hydrogen (secondary N) is 2. The van der Waals surface area contributed by atoms with Crippen molar-refractivity contribution < 1.29 is 4.79 Å². The fourth-order valence-corrected chi connectivity index (χ4v) is 3.79. The molecule has 3 rings (SSSR count). The Labute approximate surface area is 143 Å². The molecule has 0 atom stereocenters. The molecule has 1 aliphatic heterocycles. The predicted molar refractivity (Wildman–Crippen MR) is 93.1 cm³/mol. The zero-order valence-electron chi connectivity index (χ0n) is 14.4. The molecule has 1 aromatic rings. The van der Waals surface area contributed by atoms with E-state index in [1.807, 2.05) is 0 Å². The standard InChI is InChI=1S/C18H28N4O2/c23-17(9-13-22-11-4-1-5-12-22)19-10-8-16-14-6-2-3-7-15(14)18(24)21-20-16/h1-13H2,(H,19,23)(H,21,24). The Morgan fingerprint density at radius 3 is 2.62 bits per heavy atom. The summed E-state index contributed by atoms with van der Waals surface area (Å²) < 4.78 is 0. The van der Waals surface area contributed by atoms with E-state index in [1.54, 1.807) is 0 Å². The Hall–Kier alpha value is -1.69. The number of hydrogen-bond acceptors (Lipinski definition) is 4. The molecule has 6 heteroatoms. The summed E-state index contributed by atoms with van der Waals surface area (Å²) in [6.45, 7) is 3.70. The summed E-state index contributed by atoms with van der Waals surface area (Å²) in [5, 5.41) is 9.81. The number of likely N-dealkylation sites (tertiary alicyclic amines) is 1. The summed E-state index contributed by atoms with van der Waals surface area (Å²) in [4.78, 5) is 26.2. The van der Waals surface area contributed by atoms with E-state index in [9.17, 15) is 9.59 Å². The van der Waals surface area contributed by atoms with Crippen molar-refractivity contribution in [3.05, 3.63) is 27.2 Å². The summed E-state index contributed by atoms with van der Waals surface area (Å²) in [7, 11) is 0. The smallest absolute Gasteiger partial charge is 0.267 e. The maximum atomic E-state index is 12.0. The van der Waals surface area contributed by atoms with Crippen LogP contribution < -0.4 is 10.9 Å². The van der Waals surface area contributed by atoms with Gasteiger partial charge in [0, 0.05) is 31.5 Å². The van der Waals surface area contributed by atoms with Gasteiger partial charge in [-0.15, -0.1) is 0 Å². The van der Waals surface area contributed by atoms with Crippen LogP contribution in [0.5, 0.6) is 0 Å². The zero-order valence-corrected chi connectivity index (χ0v) is 14.4. The van der Waals surface area contributed by atoms with Crippen molar-refractivity contribution in [2.24, 2.45) is 0 Å².